The molecule has 3 heterocycles. The van der Waals surface area contributed by atoms with Gasteiger partial charge in [0.25, 0.3) is 5.91 Å². The van der Waals surface area contributed by atoms with Gasteiger partial charge in [-0.05, 0) is 59.6 Å². The van der Waals surface area contributed by atoms with E-state index in [2.05, 4.69) is 31.4 Å². The SMILES string of the molecule is Cc1nn(Cc2ccc(C(=O)Nc3ccn(Cc4cccc(Cl)c4)n3)o2)c(C)c1Br. The van der Waals surface area contributed by atoms with Gasteiger partial charge in [0.2, 0.25) is 0 Å². The minimum atomic E-state index is -0.358. The first kappa shape index (κ1) is 20.4. The molecule has 1 aromatic carbocycles. The minimum Gasteiger partial charge on any atom is -0.454 e. The predicted molar refractivity (Wildman–Crippen MR) is 118 cm³/mol. The molecule has 0 bridgehead atoms. The zero-order valence-corrected chi connectivity index (χ0v) is 18.7. The molecule has 7 nitrogen and oxygen atoms in total. The van der Waals surface area contributed by atoms with E-state index < -0.39 is 0 Å². The van der Waals surface area contributed by atoms with Crippen molar-refractivity contribution >= 4 is 39.3 Å². The molecule has 1 amide bonds. The summed E-state index contributed by atoms with van der Waals surface area (Å²) in [5, 5.41) is 12.3. The van der Waals surface area contributed by atoms with Crippen molar-refractivity contribution in [2.45, 2.75) is 26.9 Å². The maximum absolute atomic E-state index is 12.5. The molecule has 0 spiro atoms. The number of hydrogen-bond acceptors (Lipinski definition) is 4. The van der Waals surface area contributed by atoms with Gasteiger partial charge < -0.3 is 9.73 Å². The Kier molecular flexibility index (Phi) is 5.78. The fourth-order valence-corrected chi connectivity index (χ4v) is 3.58. The number of carbonyl (C=O) groups excluding carboxylic acids is 1. The Morgan fingerprint density at radius 3 is 2.73 bits per heavy atom. The van der Waals surface area contributed by atoms with E-state index in [9.17, 15) is 4.79 Å². The second-order valence-electron chi connectivity index (χ2n) is 6.89. The Labute approximate surface area is 186 Å². The van der Waals surface area contributed by atoms with Gasteiger partial charge >= 0.3 is 0 Å². The van der Waals surface area contributed by atoms with Gasteiger partial charge in [-0.25, -0.2) is 0 Å². The lowest BCUT2D eigenvalue weighted by Gasteiger charge is -2.03. The second-order valence-corrected chi connectivity index (χ2v) is 8.12. The predicted octanol–water partition coefficient (Wildman–Crippen LogP) is 5.05. The zero-order chi connectivity index (χ0) is 21.3. The lowest BCUT2D eigenvalue weighted by molar-refractivity contribution is 0.0994. The van der Waals surface area contributed by atoms with Crippen LogP contribution in [0.4, 0.5) is 5.82 Å². The van der Waals surface area contributed by atoms with Crippen LogP contribution in [-0.4, -0.2) is 25.5 Å². The van der Waals surface area contributed by atoms with Crippen molar-refractivity contribution in [2.75, 3.05) is 5.32 Å². The van der Waals surface area contributed by atoms with Crippen LogP contribution in [0.5, 0.6) is 0 Å². The van der Waals surface area contributed by atoms with Crippen LogP contribution in [0.25, 0.3) is 0 Å². The highest BCUT2D eigenvalue weighted by Gasteiger charge is 2.15. The third-order valence-corrected chi connectivity index (χ3v) is 5.98. The van der Waals surface area contributed by atoms with Gasteiger partial charge in [0.05, 0.1) is 29.0 Å². The number of rotatable bonds is 6. The number of benzene rings is 1. The summed E-state index contributed by atoms with van der Waals surface area (Å²) in [4.78, 5) is 12.5. The molecule has 0 saturated carbocycles. The van der Waals surface area contributed by atoms with E-state index in [1.54, 1.807) is 29.1 Å². The Bertz CT molecular complexity index is 1210. The van der Waals surface area contributed by atoms with Crippen molar-refractivity contribution in [1.82, 2.24) is 19.6 Å². The molecule has 0 aliphatic heterocycles. The monoisotopic (exact) mass is 487 g/mol. The molecule has 0 unspecified atom stereocenters. The Hall–Kier alpha value is -2.84. The number of hydrogen-bond donors (Lipinski definition) is 1. The number of nitrogens with one attached hydrogen (secondary N) is 1. The summed E-state index contributed by atoms with van der Waals surface area (Å²) in [6.07, 6.45) is 1.80. The molecule has 0 atom stereocenters. The summed E-state index contributed by atoms with van der Waals surface area (Å²) in [6, 6.07) is 12.7. The number of furan rings is 1. The molecule has 4 rings (SSSR count). The molecule has 154 valence electrons. The molecule has 0 aliphatic rings. The smallest absolute Gasteiger partial charge is 0.292 e. The van der Waals surface area contributed by atoms with Crippen LogP contribution < -0.4 is 5.32 Å². The van der Waals surface area contributed by atoms with Crippen LogP contribution in [0.2, 0.25) is 5.02 Å². The Morgan fingerprint density at radius 2 is 2.00 bits per heavy atom. The highest BCUT2D eigenvalue weighted by molar-refractivity contribution is 9.10. The summed E-state index contributed by atoms with van der Waals surface area (Å²) in [6.45, 7) is 4.90. The number of amides is 1. The number of aromatic nitrogens is 4. The number of nitrogens with zero attached hydrogens (tertiary/aromatic N) is 4. The summed E-state index contributed by atoms with van der Waals surface area (Å²) in [5.74, 6) is 0.950. The number of carbonyl (C=O) groups is 1. The van der Waals surface area contributed by atoms with E-state index in [1.807, 2.05) is 42.8 Å². The lowest BCUT2D eigenvalue weighted by atomic mass is 10.2. The van der Waals surface area contributed by atoms with Crippen LogP contribution in [-0.2, 0) is 13.1 Å². The van der Waals surface area contributed by atoms with Gasteiger partial charge in [0, 0.05) is 17.3 Å². The van der Waals surface area contributed by atoms with E-state index >= 15 is 0 Å². The van der Waals surface area contributed by atoms with Crippen molar-refractivity contribution in [3.05, 3.63) is 86.6 Å². The van der Waals surface area contributed by atoms with Crippen molar-refractivity contribution in [3.63, 3.8) is 0 Å². The fraction of sp³-hybridized carbons (Fsp3) is 0.190. The third-order valence-electron chi connectivity index (χ3n) is 4.60. The number of aryl methyl sites for hydroxylation is 1. The molecule has 9 heteroatoms. The van der Waals surface area contributed by atoms with Gasteiger partial charge in [-0.2, -0.15) is 10.2 Å². The number of halogens is 2. The first-order valence-corrected chi connectivity index (χ1v) is 10.4. The average Bonchev–Trinajstić information content (AvgIpc) is 3.40. The van der Waals surface area contributed by atoms with Gasteiger partial charge in [-0.15, -0.1) is 0 Å². The highest BCUT2D eigenvalue weighted by atomic mass is 79.9. The van der Waals surface area contributed by atoms with Crippen LogP contribution in [0, 0.1) is 13.8 Å². The van der Waals surface area contributed by atoms with E-state index in [-0.39, 0.29) is 11.7 Å². The maximum Gasteiger partial charge on any atom is 0.292 e. The van der Waals surface area contributed by atoms with Crippen LogP contribution >= 0.6 is 27.5 Å². The molecule has 3 aromatic heterocycles. The zero-order valence-electron chi connectivity index (χ0n) is 16.4. The maximum atomic E-state index is 12.5. The lowest BCUT2D eigenvalue weighted by Crippen LogP contribution is -2.12. The summed E-state index contributed by atoms with van der Waals surface area (Å²) in [7, 11) is 0. The average molecular weight is 489 g/mol. The molecule has 0 radical (unpaired) electrons. The largest absolute Gasteiger partial charge is 0.454 e. The van der Waals surface area contributed by atoms with Crippen molar-refractivity contribution in [2.24, 2.45) is 0 Å². The molecular weight excluding hydrogens is 470 g/mol. The summed E-state index contributed by atoms with van der Waals surface area (Å²) < 4.78 is 10.2. The highest BCUT2D eigenvalue weighted by Crippen LogP contribution is 2.21. The van der Waals surface area contributed by atoms with Crippen molar-refractivity contribution in [1.29, 1.82) is 0 Å². The van der Waals surface area contributed by atoms with Crippen LogP contribution in [0.15, 0.2) is 57.6 Å². The van der Waals surface area contributed by atoms with E-state index in [1.165, 1.54) is 0 Å². The first-order valence-electron chi connectivity index (χ1n) is 9.26. The third kappa shape index (κ3) is 4.49. The molecule has 0 aliphatic carbocycles. The molecule has 0 fully saturated rings. The van der Waals surface area contributed by atoms with Crippen molar-refractivity contribution < 1.29 is 9.21 Å². The molecule has 0 saturated heterocycles. The number of anilines is 1. The van der Waals surface area contributed by atoms with Gasteiger partial charge in [0.15, 0.2) is 11.6 Å². The van der Waals surface area contributed by atoms with E-state index in [0.717, 1.165) is 21.4 Å². The molecule has 30 heavy (non-hydrogen) atoms. The van der Waals surface area contributed by atoms with Crippen LogP contribution in [0.3, 0.4) is 0 Å². The standard InChI is InChI=1S/C21H19BrClN5O2/c1-13-20(22)14(2)28(25-13)12-17-6-7-18(30-17)21(29)24-19-8-9-27(26-19)11-15-4-3-5-16(23)10-15/h3-10H,11-12H2,1-2H3,(H,24,26,29). The summed E-state index contributed by atoms with van der Waals surface area (Å²) >= 11 is 9.53. The fourth-order valence-electron chi connectivity index (χ4n) is 3.08. The van der Waals surface area contributed by atoms with Gasteiger partial charge in [0.1, 0.15) is 5.76 Å². The van der Waals surface area contributed by atoms with Gasteiger partial charge in [-0.3, -0.25) is 14.2 Å². The topological polar surface area (TPSA) is 77.9 Å². The van der Waals surface area contributed by atoms with Gasteiger partial charge in [-0.1, -0.05) is 23.7 Å². The Balaban J connectivity index is 1.40. The molecule has 1 N–H and O–H groups in total. The normalized spacial score (nSPS) is 11.1. The second kappa shape index (κ2) is 8.49. The molecule has 4 aromatic rings. The Morgan fingerprint density at radius 1 is 1.17 bits per heavy atom. The summed E-state index contributed by atoms with van der Waals surface area (Å²) in [5.41, 5.74) is 2.93. The van der Waals surface area contributed by atoms with Crippen LogP contribution in [0.1, 0.15) is 33.3 Å². The van der Waals surface area contributed by atoms with Crippen molar-refractivity contribution in [3.8, 4) is 0 Å². The van der Waals surface area contributed by atoms with E-state index in [0.29, 0.717) is 29.7 Å². The van der Waals surface area contributed by atoms with E-state index in [4.69, 9.17) is 16.0 Å². The molecular formula is C21H19BrClN5O2. The minimum absolute atomic E-state index is 0.218. The quantitative estimate of drug-likeness (QED) is 0.412. The first-order chi connectivity index (χ1) is 14.4.